The number of fused-ring (bicyclic) bond motifs is 1. The summed E-state index contributed by atoms with van der Waals surface area (Å²) < 4.78 is 5.65. The molecule has 0 saturated heterocycles. The summed E-state index contributed by atoms with van der Waals surface area (Å²) in [5, 5.41) is 10.1. The molecule has 1 heterocycles. The lowest BCUT2D eigenvalue weighted by Gasteiger charge is -2.10. The second kappa shape index (κ2) is 4.69. The summed E-state index contributed by atoms with van der Waals surface area (Å²) in [6.45, 7) is 0. The molecule has 1 aliphatic rings. The van der Waals surface area contributed by atoms with Crippen molar-refractivity contribution in [3.8, 4) is 0 Å². The summed E-state index contributed by atoms with van der Waals surface area (Å²) in [6.07, 6.45) is 2.30. The van der Waals surface area contributed by atoms with Gasteiger partial charge in [-0.1, -0.05) is 29.6 Å². The molecule has 1 fully saturated rings. The highest BCUT2D eigenvalue weighted by molar-refractivity contribution is 6.37. The molecule has 2 atom stereocenters. The molecule has 100 valence electrons. The first-order chi connectivity index (χ1) is 9.06. The topological polar surface area (TPSA) is 63.3 Å². The zero-order chi connectivity index (χ0) is 13.6. The van der Waals surface area contributed by atoms with Gasteiger partial charge in [-0.05, 0) is 25.0 Å². The highest BCUT2D eigenvalue weighted by atomic mass is 35.5. The maximum Gasteiger partial charge on any atom is 0.307 e. The van der Waals surface area contributed by atoms with Crippen molar-refractivity contribution in [2.75, 3.05) is 0 Å². The number of halogens is 2. The van der Waals surface area contributed by atoms with Crippen LogP contribution in [0.3, 0.4) is 0 Å². The number of aromatic nitrogens is 1. The fraction of sp³-hybridized carbons (Fsp3) is 0.385. The van der Waals surface area contributed by atoms with Gasteiger partial charge in [0, 0.05) is 10.9 Å². The molecule has 1 saturated carbocycles. The van der Waals surface area contributed by atoms with Gasteiger partial charge in [-0.3, -0.25) is 4.79 Å². The number of hydrogen-bond donors (Lipinski definition) is 1. The van der Waals surface area contributed by atoms with Gasteiger partial charge in [0.1, 0.15) is 5.52 Å². The van der Waals surface area contributed by atoms with E-state index in [0.29, 0.717) is 33.5 Å². The lowest BCUT2D eigenvalue weighted by atomic mass is 9.96. The largest absolute Gasteiger partial charge is 0.481 e. The van der Waals surface area contributed by atoms with Crippen LogP contribution in [0.4, 0.5) is 0 Å². The molecule has 0 bridgehead atoms. The van der Waals surface area contributed by atoms with Crippen LogP contribution in [0.2, 0.25) is 10.0 Å². The number of carboxylic acid groups (broad SMARTS) is 1. The van der Waals surface area contributed by atoms with Crippen LogP contribution in [0.15, 0.2) is 16.5 Å². The van der Waals surface area contributed by atoms with Crippen molar-refractivity contribution in [1.82, 2.24) is 4.98 Å². The van der Waals surface area contributed by atoms with Crippen LogP contribution in [0, 0.1) is 5.92 Å². The third-order valence-electron chi connectivity index (χ3n) is 3.58. The summed E-state index contributed by atoms with van der Waals surface area (Å²) in [6, 6.07) is 3.25. The van der Waals surface area contributed by atoms with Gasteiger partial charge in [-0.15, -0.1) is 0 Å². The minimum Gasteiger partial charge on any atom is -0.481 e. The second-order valence-electron chi connectivity index (χ2n) is 4.77. The molecule has 6 heteroatoms. The van der Waals surface area contributed by atoms with Crippen molar-refractivity contribution >= 4 is 40.3 Å². The molecular formula is C13H11Cl2NO3. The van der Waals surface area contributed by atoms with E-state index in [0.717, 1.165) is 12.8 Å². The molecule has 1 aliphatic carbocycles. The molecule has 0 spiro atoms. The molecule has 4 nitrogen and oxygen atoms in total. The molecule has 0 radical (unpaired) electrons. The van der Waals surface area contributed by atoms with E-state index in [-0.39, 0.29) is 5.92 Å². The maximum absolute atomic E-state index is 11.2. The molecule has 19 heavy (non-hydrogen) atoms. The van der Waals surface area contributed by atoms with Crippen molar-refractivity contribution in [3.63, 3.8) is 0 Å². The van der Waals surface area contributed by atoms with Gasteiger partial charge in [0.05, 0.1) is 10.9 Å². The van der Waals surface area contributed by atoms with E-state index in [4.69, 9.17) is 27.6 Å². The number of oxazole rings is 1. The zero-order valence-corrected chi connectivity index (χ0v) is 11.4. The number of nitrogens with zero attached hydrogens (tertiary/aromatic N) is 1. The number of hydrogen-bond acceptors (Lipinski definition) is 3. The average molecular weight is 300 g/mol. The minimum absolute atomic E-state index is 0.181. The van der Waals surface area contributed by atoms with E-state index in [1.54, 1.807) is 12.1 Å². The Balaban J connectivity index is 2.06. The Hall–Kier alpha value is -1.26. The van der Waals surface area contributed by atoms with Crippen LogP contribution in [0.1, 0.15) is 31.1 Å². The number of carboxylic acids is 1. The van der Waals surface area contributed by atoms with Crippen LogP contribution >= 0.6 is 23.2 Å². The lowest BCUT2D eigenvalue weighted by molar-refractivity contribution is -0.142. The first kappa shape index (κ1) is 12.8. The Bertz CT molecular complexity index is 653. The highest BCUT2D eigenvalue weighted by Crippen LogP contribution is 2.41. The first-order valence-electron chi connectivity index (χ1n) is 6.04. The van der Waals surface area contributed by atoms with Gasteiger partial charge >= 0.3 is 5.97 Å². The van der Waals surface area contributed by atoms with Gasteiger partial charge < -0.3 is 9.52 Å². The highest BCUT2D eigenvalue weighted by Gasteiger charge is 2.37. The molecule has 0 amide bonds. The fourth-order valence-corrected chi connectivity index (χ4v) is 3.21. The van der Waals surface area contributed by atoms with Crippen LogP contribution < -0.4 is 0 Å². The molecule has 3 rings (SSSR count). The van der Waals surface area contributed by atoms with E-state index in [1.807, 2.05) is 0 Å². The van der Waals surface area contributed by atoms with E-state index >= 15 is 0 Å². The Morgan fingerprint density at radius 3 is 2.89 bits per heavy atom. The Morgan fingerprint density at radius 1 is 1.37 bits per heavy atom. The molecular weight excluding hydrogens is 289 g/mol. The summed E-state index contributed by atoms with van der Waals surface area (Å²) in [5.74, 6) is -0.958. The quantitative estimate of drug-likeness (QED) is 0.906. The van der Waals surface area contributed by atoms with Crippen molar-refractivity contribution in [3.05, 3.63) is 28.1 Å². The zero-order valence-electron chi connectivity index (χ0n) is 9.90. The molecule has 2 unspecified atom stereocenters. The van der Waals surface area contributed by atoms with Gasteiger partial charge in [0.2, 0.25) is 0 Å². The molecule has 2 aromatic rings. The second-order valence-corrected chi connectivity index (χ2v) is 5.61. The van der Waals surface area contributed by atoms with Crippen molar-refractivity contribution < 1.29 is 14.3 Å². The van der Waals surface area contributed by atoms with Crippen molar-refractivity contribution in [2.45, 2.75) is 25.2 Å². The van der Waals surface area contributed by atoms with Crippen molar-refractivity contribution in [2.24, 2.45) is 5.92 Å². The lowest BCUT2D eigenvalue weighted by Crippen LogP contribution is -2.16. The summed E-state index contributed by atoms with van der Waals surface area (Å²) in [7, 11) is 0. The molecule has 1 aromatic carbocycles. The summed E-state index contributed by atoms with van der Waals surface area (Å²) in [4.78, 5) is 15.6. The number of rotatable bonds is 2. The maximum atomic E-state index is 11.2. The van der Waals surface area contributed by atoms with Gasteiger partial charge in [-0.2, -0.15) is 0 Å². The van der Waals surface area contributed by atoms with Crippen LogP contribution in [-0.2, 0) is 4.79 Å². The third kappa shape index (κ3) is 2.19. The summed E-state index contributed by atoms with van der Waals surface area (Å²) >= 11 is 12.0. The van der Waals surface area contributed by atoms with Crippen LogP contribution in [0.5, 0.6) is 0 Å². The number of carbonyl (C=O) groups is 1. The first-order valence-corrected chi connectivity index (χ1v) is 6.80. The SMILES string of the molecule is O=C(O)C1CCCC1c1nc2cc(Cl)cc(Cl)c2o1. The Labute approximate surface area is 119 Å². The molecule has 1 N–H and O–H groups in total. The molecule has 1 aromatic heterocycles. The van der Waals surface area contributed by atoms with E-state index in [2.05, 4.69) is 4.98 Å². The fourth-order valence-electron chi connectivity index (χ4n) is 2.69. The van der Waals surface area contributed by atoms with E-state index in [1.165, 1.54) is 0 Å². The monoisotopic (exact) mass is 299 g/mol. The van der Waals surface area contributed by atoms with Crippen molar-refractivity contribution in [1.29, 1.82) is 0 Å². The Morgan fingerprint density at radius 2 is 2.16 bits per heavy atom. The standard InChI is InChI=1S/C13H11Cl2NO3/c14-6-4-9(15)11-10(5-6)16-12(19-11)7-2-1-3-8(7)13(17)18/h4-5,7-8H,1-3H2,(H,17,18). The predicted molar refractivity (Wildman–Crippen MR) is 71.7 cm³/mol. The van der Waals surface area contributed by atoms with Gasteiger partial charge in [0.25, 0.3) is 0 Å². The third-order valence-corrected chi connectivity index (χ3v) is 4.08. The van der Waals surface area contributed by atoms with Gasteiger partial charge in [0.15, 0.2) is 11.5 Å². The van der Waals surface area contributed by atoms with E-state index < -0.39 is 11.9 Å². The number of benzene rings is 1. The Kier molecular flexibility index (Phi) is 3.15. The van der Waals surface area contributed by atoms with Gasteiger partial charge in [-0.25, -0.2) is 4.98 Å². The minimum atomic E-state index is -0.797. The van der Waals surface area contributed by atoms with Crippen LogP contribution in [0.25, 0.3) is 11.1 Å². The van der Waals surface area contributed by atoms with Crippen LogP contribution in [-0.4, -0.2) is 16.1 Å². The summed E-state index contributed by atoms with van der Waals surface area (Å²) in [5.41, 5.74) is 1.04. The smallest absolute Gasteiger partial charge is 0.307 e. The number of aliphatic carboxylic acids is 1. The van der Waals surface area contributed by atoms with E-state index in [9.17, 15) is 9.90 Å². The average Bonchev–Trinajstić information content (AvgIpc) is 2.92. The predicted octanol–water partition coefficient (Wildman–Crippen LogP) is 4.10. The molecule has 0 aliphatic heterocycles. The normalized spacial score (nSPS) is 23.1.